The Morgan fingerprint density at radius 3 is 2.93 bits per heavy atom. The summed E-state index contributed by atoms with van der Waals surface area (Å²) in [5, 5.41) is 0.976. The van der Waals surface area contributed by atoms with Crippen molar-refractivity contribution in [1.29, 1.82) is 0 Å². The number of piperidine rings is 1. The number of benzene rings is 1. The standard InChI is InChI=1S/C22H24N4O3/c27-21(18-14-25-19-4-2-1-3-17(18)19)26-10-6-22(7-11-26)13-16(5-12-28-22)29-20-15-23-8-9-24-20/h1-4,8-9,14-16,25H,5-7,10-13H2. The maximum atomic E-state index is 13.1. The molecule has 5 rings (SSSR count). The lowest BCUT2D eigenvalue weighted by atomic mass is 9.83. The average molecular weight is 392 g/mol. The van der Waals surface area contributed by atoms with Gasteiger partial charge in [-0.25, -0.2) is 4.98 Å². The Labute approximate surface area is 169 Å². The van der Waals surface area contributed by atoms with Crippen LogP contribution in [0.15, 0.2) is 49.1 Å². The summed E-state index contributed by atoms with van der Waals surface area (Å²) in [5.41, 5.74) is 1.51. The summed E-state index contributed by atoms with van der Waals surface area (Å²) in [6, 6.07) is 7.91. The summed E-state index contributed by atoms with van der Waals surface area (Å²) < 4.78 is 12.2. The van der Waals surface area contributed by atoms with Crippen molar-refractivity contribution in [2.75, 3.05) is 19.7 Å². The zero-order chi connectivity index (χ0) is 19.7. The SMILES string of the molecule is O=C(c1c[nH]c2ccccc12)N1CCC2(CC1)CC(Oc1cnccn1)CCO2. The van der Waals surface area contributed by atoms with Crippen molar-refractivity contribution in [2.24, 2.45) is 0 Å². The van der Waals surface area contributed by atoms with Gasteiger partial charge in [-0.1, -0.05) is 18.2 Å². The van der Waals surface area contributed by atoms with Gasteiger partial charge in [0.1, 0.15) is 6.10 Å². The highest BCUT2D eigenvalue weighted by molar-refractivity contribution is 6.06. The van der Waals surface area contributed by atoms with E-state index in [-0.39, 0.29) is 17.6 Å². The monoisotopic (exact) mass is 392 g/mol. The zero-order valence-corrected chi connectivity index (χ0v) is 16.2. The Balaban J connectivity index is 1.24. The summed E-state index contributed by atoms with van der Waals surface area (Å²) in [6.45, 7) is 2.05. The molecule has 4 heterocycles. The van der Waals surface area contributed by atoms with E-state index in [1.807, 2.05) is 35.4 Å². The Hall–Kier alpha value is -2.93. The van der Waals surface area contributed by atoms with Gasteiger partial charge in [-0.3, -0.25) is 9.78 Å². The van der Waals surface area contributed by atoms with Gasteiger partial charge >= 0.3 is 0 Å². The normalized spacial score (nSPS) is 21.4. The summed E-state index contributed by atoms with van der Waals surface area (Å²) in [6.07, 6.45) is 10.1. The Bertz CT molecular complexity index is 995. The molecule has 0 bridgehead atoms. The molecule has 2 aliphatic heterocycles. The molecule has 1 aromatic carbocycles. The van der Waals surface area contributed by atoms with Gasteiger partial charge in [-0.15, -0.1) is 0 Å². The van der Waals surface area contributed by atoms with Crippen LogP contribution in [0.5, 0.6) is 5.88 Å². The molecule has 1 N–H and O–H groups in total. The molecule has 2 aromatic heterocycles. The minimum atomic E-state index is -0.220. The summed E-state index contributed by atoms with van der Waals surface area (Å²) in [7, 11) is 0. The number of nitrogens with one attached hydrogen (secondary N) is 1. The van der Waals surface area contributed by atoms with Crippen LogP contribution in [0.3, 0.4) is 0 Å². The maximum absolute atomic E-state index is 13.1. The van der Waals surface area contributed by atoms with Crippen LogP contribution < -0.4 is 4.74 Å². The second-order valence-corrected chi connectivity index (χ2v) is 7.85. The average Bonchev–Trinajstić information content (AvgIpc) is 3.19. The highest BCUT2D eigenvalue weighted by Crippen LogP contribution is 2.36. The lowest BCUT2D eigenvalue weighted by Gasteiger charge is -2.45. The minimum absolute atomic E-state index is 0.0660. The second-order valence-electron chi connectivity index (χ2n) is 7.85. The van der Waals surface area contributed by atoms with Crippen LogP contribution in [-0.2, 0) is 4.74 Å². The number of nitrogens with zero attached hydrogens (tertiary/aromatic N) is 3. The molecule has 0 aliphatic carbocycles. The van der Waals surface area contributed by atoms with E-state index < -0.39 is 0 Å². The minimum Gasteiger partial charge on any atom is -0.473 e. The lowest BCUT2D eigenvalue weighted by Crippen LogP contribution is -2.52. The quantitative estimate of drug-likeness (QED) is 0.740. The molecule has 1 atom stereocenters. The van der Waals surface area contributed by atoms with Crippen molar-refractivity contribution in [1.82, 2.24) is 19.9 Å². The van der Waals surface area contributed by atoms with Crippen LogP contribution in [0.25, 0.3) is 10.9 Å². The van der Waals surface area contributed by atoms with Crippen molar-refractivity contribution in [2.45, 2.75) is 37.4 Å². The predicted octanol–water partition coefficient (Wildman–Crippen LogP) is 3.19. The third kappa shape index (κ3) is 3.58. The van der Waals surface area contributed by atoms with Gasteiger partial charge in [-0.05, 0) is 18.9 Å². The van der Waals surface area contributed by atoms with Crippen LogP contribution in [0, 0.1) is 0 Å². The molecule has 29 heavy (non-hydrogen) atoms. The van der Waals surface area contributed by atoms with E-state index in [2.05, 4.69) is 15.0 Å². The fourth-order valence-electron chi connectivity index (χ4n) is 4.49. The first-order valence-corrected chi connectivity index (χ1v) is 10.1. The number of likely N-dealkylation sites (tertiary alicyclic amines) is 1. The van der Waals surface area contributed by atoms with Gasteiger partial charge < -0.3 is 19.4 Å². The fourth-order valence-corrected chi connectivity index (χ4v) is 4.49. The van der Waals surface area contributed by atoms with Crippen LogP contribution >= 0.6 is 0 Å². The first kappa shape index (κ1) is 18.1. The third-order valence-corrected chi connectivity index (χ3v) is 6.06. The molecule has 3 aromatic rings. The van der Waals surface area contributed by atoms with Gasteiger partial charge in [0.15, 0.2) is 0 Å². The number of aromatic amines is 1. The van der Waals surface area contributed by atoms with Crippen LogP contribution in [-0.4, -0.2) is 57.2 Å². The summed E-state index contributed by atoms with van der Waals surface area (Å²) in [4.78, 5) is 26.5. The van der Waals surface area contributed by atoms with E-state index in [1.54, 1.807) is 18.6 Å². The number of para-hydroxylation sites is 1. The van der Waals surface area contributed by atoms with Crippen molar-refractivity contribution in [3.05, 3.63) is 54.6 Å². The van der Waals surface area contributed by atoms with Crippen LogP contribution in [0.2, 0.25) is 0 Å². The van der Waals surface area contributed by atoms with Crippen LogP contribution in [0.1, 0.15) is 36.0 Å². The molecule has 150 valence electrons. The first-order chi connectivity index (χ1) is 14.2. The number of H-pyrrole nitrogens is 1. The number of aromatic nitrogens is 3. The molecule has 7 heteroatoms. The number of rotatable bonds is 3. The van der Waals surface area contributed by atoms with E-state index >= 15 is 0 Å². The summed E-state index contributed by atoms with van der Waals surface area (Å²) in [5.74, 6) is 0.641. The Morgan fingerprint density at radius 2 is 2.10 bits per heavy atom. The topological polar surface area (TPSA) is 80.3 Å². The molecular formula is C22H24N4O3. The number of carbonyl (C=O) groups excluding carboxylic acids is 1. The summed E-state index contributed by atoms with van der Waals surface area (Å²) >= 11 is 0. The largest absolute Gasteiger partial charge is 0.473 e. The highest BCUT2D eigenvalue weighted by atomic mass is 16.5. The van der Waals surface area contributed by atoms with Gasteiger partial charge in [0, 0.05) is 55.4 Å². The molecule has 7 nitrogen and oxygen atoms in total. The van der Waals surface area contributed by atoms with Crippen LogP contribution in [0.4, 0.5) is 0 Å². The zero-order valence-electron chi connectivity index (χ0n) is 16.2. The number of ether oxygens (including phenoxy) is 2. The molecule has 1 spiro atoms. The van der Waals surface area contributed by atoms with Gasteiger partial charge in [0.25, 0.3) is 5.91 Å². The lowest BCUT2D eigenvalue weighted by molar-refractivity contribution is -0.135. The number of carbonyl (C=O) groups is 1. The number of hydrogen-bond donors (Lipinski definition) is 1. The van der Waals surface area contributed by atoms with Gasteiger partial charge in [0.2, 0.25) is 5.88 Å². The smallest absolute Gasteiger partial charge is 0.256 e. The Kier molecular flexibility index (Phi) is 4.67. The van der Waals surface area contributed by atoms with Crippen molar-refractivity contribution in [3.63, 3.8) is 0 Å². The molecule has 1 amide bonds. The third-order valence-electron chi connectivity index (χ3n) is 6.06. The van der Waals surface area contributed by atoms with E-state index in [0.29, 0.717) is 25.6 Å². The predicted molar refractivity (Wildman–Crippen MR) is 108 cm³/mol. The highest BCUT2D eigenvalue weighted by Gasteiger charge is 2.42. The van der Waals surface area contributed by atoms with E-state index in [4.69, 9.17) is 9.47 Å². The maximum Gasteiger partial charge on any atom is 0.256 e. The molecular weight excluding hydrogens is 368 g/mol. The molecule has 2 saturated heterocycles. The first-order valence-electron chi connectivity index (χ1n) is 10.1. The van der Waals surface area contributed by atoms with Crippen molar-refractivity contribution >= 4 is 16.8 Å². The van der Waals surface area contributed by atoms with Crippen molar-refractivity contribution < 1.29 is 14.3 Å². The van der Waals surface area contributed by atoms with Crippen molar-refractivity contribution in [3.8, 4) is 5.88 Å². The van der Waals surface area contributed by atoms with Gasteiger partial charge in [0.05, 0.1) is 24.0 Å². The number of hydrogen-bond acceptors (Lipinski definition) is 5. The Morgan fingerprint density at radius 1 is 1.24 bits per heavy atom. The van der Waals surface area contributed by atoms with E-state index in [0.717, 1.165) is 42.1 Å². The second kappa shape index (κ2) is 7.48. The fraction of sp³-hybridized carbons (Fsp3) is 0.409. The molecule has 2 aliphatic rings. The molecule has 1 unspecified atom stereocenters. The molecule has 0 radical (unpaired) electrons. The van der Waals surface area contributed by atoms with E-state index in [9.17, 15) is 4.79 Å². The van der Waals surface area contributed by atoms with E-state index in [1.165, 1.54) is 0 Å². The molecule has 2 fully saturated rings. The van der Waals surface area contributed by atoms with Gasteiger partial charge in [-0.2, -0.15) is 0 Å². The number of fused-ring (bicyclic) bond motifs is 1. The number of amides is 1. The molecule has 0 saturated carbocycles.